The van der Waals surface area contributed by atoms with Gasteiger partial charge in [-0.3, -0.25) is 0 Å². The van der Waals surface area contributed by atoms with E-state index in [-0.39, 0.29) is 0 Å². The Balaban J connectivity index is 2.68. The Kier molecular flexibility index (Phi) is 1.76. The molecule has 0 amide bonds. The third-order valence-corrected chi connectivity index (χ3v) is 1.46. The molecule has 0 spiro atoms. The molecule has 0 radical (unpaired) electrons. The number of allylic oxidation sites excluding steroid dienone is 4. The molecule has 0 atom stereocenters. The van der Waals surface area contributed by atoms with Crippen LogP contribution in [-0.4, -0.2) is 26.2 Å². The fraction of sp³-hybridized carbons (Fsp3) is 0.167. The standard InChI is InChI=1S/C6H5FSe/c7-5-1-3-6(8)4-2-5/h1-5H. The maximum absolute atomic E-state index is 12.2. The second-order valence-electron chi connectivity index (χ2n) is 1.57. The molecule has 1 rings (SSSR count). The van der Waals surface area contributed by atoms with Crippen LogP contribution in [-0.2, 0) is 0 Å². The van der Waals surface area contributed by atoms with E-state index in [0.717, 1.165) is 4.42 Å². The summed E-state index contributed by atoms with van der Waals surface area (Å²) in [6.07, 6.45) is 5.58. The summed E-state index contributed by atoms with van der Waals surface area (Å²) in [4.78, 5) is 0. The van der Waals surface area contributed by atoms with Gasteiger partial charge in [0.2, 0.25) is 0 Å². The van der Waals surface area contributed by atoms with Crippen molar-refractivity contribution < 1.29 is 4.39 Å². The van der Waals surface area contributed by atoms with Gasteiger partial charge >= 0.3 is 54.9 Å². The summed E-state index contributed by atoms with van der Waals surface area (Å²) in [5.74, 6) is 0. The van der Waals surface area contributed by atoms with Crippen LogP contribution < -0.4 is 0 Å². The van der Waals surface area contributed by atoms with Crippen molar-refractivity contribution in [1.29, 1.82) is 0 Å². The molecule has 0 nitrogen and oxygen atoms in total. The monoisotopic (exact) mass is 176 g/mol. The SMILES string of the molecule is FC1C=CC(=[Se])C=C1. The molecule has 0 aromatic rings. The third-order valence-electron chi connectivity index (χ3n) is 0.889. The van der Waals surface area contributed by atoms with Crippen molar-refractivity contribution in [2.75, 3.05) is 0 Å². The van der Waals surface area contributed by atoms with Crippen molar-refractivity contribution in [1.82, 2.24) is 0 Å². The Morgan fingerprint density at radius 3 is 2.25 bits per heavy atom. The number of rotatable bonds is 0. The summed E-state index contributed by atoms with van der Waals surface area (Å²) < 4.78 is 13.1. The Morgan fingerprint density at radius 1 is 1.38 bits per heavy atom. The number of alkyl halides is 1. The molecule has 0 saturated heterocycles. The number of hydrogen-bond acceptors (Lipinski definition) is 0. The van der Waals surface area contributed by atoms with Gasteiger partial charge in [-0.25, -0.2) is 0 Å². The van der Waals surface area contributed by atoms with E-state index in [9.17, 15) is 4.39 Å². The number of hydrogen-bond donors (Lipinski definition) is 0. The molecule has 0 heterocycles. The van der Waals surface area contributed by atoms with Crippen LogP contribution in [0, 0.1) is 0 Å². The van der Waals surface area contributed by atoms with E-state index in [1.807, 2.05) is 0 Å². The van der Waals surface area contributed by atoms with Gasteiger partial charge in [-0.15, -0.1) is 0 Å². The summed E-state index contributed by atoms with van der Waals surface area (Å²) in [5, 5.41) is 0. The van der Waals surface area contributed by atoms with Crippen LogP contribution in [0.15, 0.2) is 24.3 Å². The Labute approximate surface area is 55.4 Å². The molecule has 0 bridgehead atoms. The average Bonchev–Trinajstić information content (AvgIpc) is 1.77. The van der Waals surface area contributed by atoms with E-state index in [1.54, 1.807) is 12.2 Å². The zero-order chi connectivity index (χ0) is 5.98. The quantitative estimate of drug-likeness (QED) is 0.477. The average molecular weight is 175 g/mol. The van der Waals surface area contributed by atoms with E-state index >= 15 is 0 Å². The molecule has 1 aliphatic carbocycles. The van der Waals surface area contributed by atoms with Gasteiger partial charge in [0.15, 0.2) is 0 Å². The van der Waals surface area contributed by atoms with E-state index in [0.29, 0.717) is 0 Å². The summed E-state index contributed by atoms with van der Waals surface area (Å²) in [5.41, 5.74) is 0. The molecule has 0 unspecified atom stereocenters. The second kappa shape index (κ2) is 2.38. The van der Waals surface area contributed by atoms with E-state index in [1.165, 1.54) is 12.2 Å². The minimum absolute atomic E-state index is 0.882. The molecule has 0 aliphatic heterocycles. The molecular formula is C6H5FSe. The van der Waals surface area contributed by atoms with Crippen LogP contribution in [0.25, 0.3) is 0 Å². The third kappa shape index (κ3) is 1.39. The normalized spacial score (nSPS) is 19.9. The minimum atomic E-state index is -0.882. The van der Waals surface area contributed by atoms with Gasteiger partial charge in [0.25, 0.3) is 0 Å². The van der Waals surface area contributed by atoms with Crippen LogP contribution in [0.5, 0.6) is 0 Å². The van der Waals surface area contributed by atoms with Crippen LogP contribution in [0.4, 0.5) is 4.39 Å². The fourth-order valence-corrected chi connectivity index (χ4v) is 0.823. The van der Waals surface area contributed by atoms with Gasteiger partial charge in [0, 0.05) is 0 Å². The molecule has 0 saturated carbocycles. The van der Waals surface area contributed by atoms with Gasteiger partial charge in [-0.05, 0) is 0 Å². The van der Waals surface area contributed by atoms with Crippen molar-refractivity contribution in [2.45, 2.75) is 6.17 Å². The first-order chi connectivity index (χ1) is 3.79. The fourth-order valence-electron chi connectivity index (χ4n) is 0.493. The zero-order valence-corrected chi connectivity index (χ0v) is 5.89. The Hall–Kier alpha value is -0.201. The molecular weight excluding hydrogens is 170 g/mol. The molecule has 2 heteroatoms. The maximum atomic E-state index is 12.2. The topological polar surface area (TPSA) is 0 Å². The van der Waals surface area contributed by atoms with Gasteiger partial charge in [0.05, 0.1) is 0 Å². The van der Waals surface area contributed by atoms with Crippen LogP contribution in [0.3, 0.4) is 0 Å². The Bertz CT molecular complexity index is 142. The zero-order valence-electron chi connectivity index (χ0n) is 4.17. The summed E-state index contributed by atoms with van der Waals surface area (Å²) >= 11 is 2.78. The molecule has 8 heavy (non-hydrogen) atoms. The van der Waals surface area contributed by atoms with Crippen molar-refractivity contribution in [3.63, 3.8) is 0 Å². The predicted octanol–water partition coefficient (Wildman–Crippen LogP) is 0.791. The van der Waals surface area contributed by atoms with Crippen LogP contribution in [0.2, 0.25) is 0 Å². The summed E-state index contributed by atoms with van der Waals surface area (Å²) in [7, 11) is 0. The first-order valence-corrected chi connectivity index (χ1v) is 3.19. The van der Waals surface area contributed by atoms with Crippen LogP contribution in [0.1, 0.15) is 0 Å². The van der Waals surface area contributed by atoms with Crippen molar-refractivity contribution in [3.8, 4) is 0 Å². The van der Waals surface area contributed by atoms with Crippen molar-refractivity contribution >= 4 is 20.0 Å². The van der Waals surface area contributed by atoms with Crippen molar-refractivity contribution in [3.05, 3.63) is 24.3 Å². The Morgan fingerprint density at radius 2 is 1.88 bits per heavy atom. The molecule has 42 valence electrons. The molecule has 0 aromatic carbocycles. The second-order valence-corrected chi connectivity index (χ2v) is 2.55. The summed E-state index contributed by atoms with van der Waals surface area (Å²) in [6.45, 7) is 0. The van der Waals surface area contributed by atoms with Gasteiger partial charge in [0.1, 0.15) is 0 Å². The van der Waals surface area contributed by atoms with Crippen molar-refractivity contribution in [2.24, 2.45) is 0 Å². The van der Waals surface area contributed by atoms with E-state index in [2.05, 4.69) is 15.6 Å². The van der Waals surface area contributed by atoms with Gasteiger partial charge in [-0.1, -0.05) is 0 Å². The van der Waals surface area contributed by atoms with E-state index in [4.69, 9.17) is 0 Å². The first kappa shape index (κ1) is 5.93. The predicted molar refractivity (Wildman–Crippen MR) is 33.9 cm³/mol. The molecule has 1 aliphatic rings. The molecule has 0 aromatic heterocycles. The first-order valence-electron chi connectivity index (χ1n) is 2.33. The number of halogens is 1. The molecule has 0 fully saturated rings. The van der Waals surface area contributed by atoms with Gasteiger partial charge < -0.3 is 0 Å². The van der Waals surface area contributed by atoms with E-state index < -0.39 is 6.17 Å². The molecule has 0 N–H and O–H groups in total. The van der Waals surface area contributed by atoms with Crippen LogP contribution >= 0.6 is 0 Å². The summed E-state index contributed by atoms with van der Waals surface area (Å²) in [6, 6.07) is 0. The van der Waals surface area contributed by atoms with Gasteiger partial charge in [-0.2, -0.15) is 0 Å².